The molecule has 1 unspecified atom stereocenters. The van der Waals surface area contributed by atoms with Crippen molar-refractivity contribution >= 4 is 34.7 Å². The Kier molecular flexibility index (Phi) is 7.87. The van der Waals surface area contributed by atoms with E-state index in [1.165, 1.54) is 0 Å². The smallest absolute Gasteiger partial charge is 0.410 e. The molecule has 2 heterocycles. The summed E-state index contributed by atoms with van der Waals surface area (Å²) in [7, 11) is 0. The van der Waals surface area contributed by atoms with E-state index in [2.05, 4.69) is 22.6 Å². The molecule has 1 saturated heterocycles. The second kappa shape index (κ2) is 10.9. The summed E-state index contributed by atoms with van der Waals surface area (Å²) in [5.41, 5.74) is 1.36. The number of likely N-dealkylation sites (tertiary alicyclic amines) is 1. The first-order valence-corrected chi connectivity index (χ1v) is 13.0. The third kappa shape index (κ3) is 6.00. The van der Waals surface area contributed by atoms with Gasteiger partial charge in [0.15, 0.2) is 5.69 Å². The van der Waals surface area contributed by atoms with Crippen molar-refractivity contribution in [2.45, 2.75) is 45.8 Å². The first-order valence-electron chi connectivity index (χ1n) is 11.9. The van der Waals surface area contributed by atoms with Crippen LogP contribution < -0.4 is 4.74 Å². The van der Waals surface area contributed by atoms with E-state index in [-0.39, 0.29) is 18.7 Å². The summed E-state index contributed by atoms with van der Waals surface area (Å²) in [4.78, 5) is 27.2. The van der Waals surface area contributed by atoms with Gasteiger partial charge < -0.3 is 19.1 Å². The van der Waals surface area contributed by atoms with Crippen molar-refractivity contribution in [3.8, 4) is 22.8 Å². The first kappa shape index (κ1) is 26.0. The molecule has 4 rings (SSSR count). The van der Waals surface area contributed by atoms with Crippen LogP contribution in [0.25, 0.3) is 11.3 Å². The molecule has 190 valence electrons. The average Bonchev–Trinajstić information content (AvgIpc) is 3.44. The number of ether oxygens (including phenoxy) is 3. The lowest BCUT2D eigenvalue weighted by atomic mass is 10.1. The number of rotatable bonds is 6. The van der Waals surface area contributed by atoms with Crippen molar-refractivity contribution in [1.82, 2.24) is 14.7 Å². The molecule has 8 nitrogen and oxygen atoms in total. The Balaban J connectivity index is 1.60. The molecule has 0 radical (unpaired) electrons. The lowest BCUT2D eigenvalue weighted by molar-refractivity contribution is 0.0288. The van der Waals surface area contributed by atoms with Crippen molar-refractivity contribution in [3.63, 3.8) is 0 Å². The third-order valence-corrected chi connectivity index (χ3v) is 6.61. The Hall–Kier alpha value is -3.08. The second-order valence-electron chi connectivity index (χ2n) is 9.48. The Morgan fingerprint density at radius 1 is 1.06 bits per heavy atom. The quantitative estimate of drug-likeness (QED) is 0.243. The number of carbonyl (C=O) groups excluding carboxylic acids is 2. The fraction of sp³-hybridized carbons (Fsp3) is 0.370. The van der Waals surface area contributed by atoms with Crippen molar-refractivity contribution in [2.24, 2.45) is 0 Å². The van der Waals surface area contributed by atoms with Gasteiger partial charge in [-0.3, -0.25) is 4.68 Å². The Bertz CT molecular complexity index is 1220. The lowest BCUT2D eigenvalue weighted by Gasteiger charge is -2.24. The van der Waals surface area contributed by atoms with E-state index in [1.54, 1.807) is 16.5 Å². The SMILES string of the molecule is CCOC(=O)c1c(I)c(-c2ccc(Oc3ccccc3)cc2)nn1C1CCN(C(=O)OC(C)(C)C)C1. The molecule has 0 bridgehead atoms. The highest BCUT2D eigenvalue weighted by Crippen LogP contribution is 2.34. The van der Waals surface area contributed by atoms with Gasteiger partial charge in [0.05, 0.1) is 16.2 Å². The summed E-state index contributed by atoms with van der Waals surface area (Å²) in [5.74, 6) is 1.03. The van der Waals surface area contributed by atoms with Crippen molar-refractivity contribution in [1.29, 1.82) is 0 Å². The van der Waals surface area contributed by atoms with E-state index in [0.29, 0.717) is 40.2 Å². The van der Waals surface area contributed by atoms with E-state index in [9.17, 15) is 9.59 Å². The molecule has 9 heteroatoms. The molecule has 0 spiro atoms. The number of carbonyl (C=O) groups is 2. The zero-order chi connectivity index (χ0) is 25.9. The molecular weight excluding hydrogens is 573 g/mol. The van der Waals surface area contributed by atoms with Crippen LogP contribution in [0.15, 0.2) is 54.6 Å². The maximum atomic E-state index is 12.9. The van der Waals surface area contributed by atoms with Crippen molar-refractivity contribution < 1.29 is 23.8 Å². The number of nitrogens with zero attached hydrogens (tertiary/aromatic N) is 3. The minimum absolute atomic E-state index is 0.167. The highest BCUT2D eigenvalue weighted by molar-refractivity contribution is 14.1. The monoisotopic (exact) mass is 603 g/mol. The number of para-hydroxylation sites is 1. The molecule has 36 heavy (non-hydrogen) atoms. The van der Waals surface area contributed by atoms with Crippen LogP contribution in [0.1, 0.15) is 50.6 Å². The van der Waals surface area contributed by atoms with Crippen LogP contribution in [0.5, 0.6) is 11.5 Å². The minimum atomic E-state index is -0.574. The first-order chi connectivity index (χ1) is 17.2. The van der Waals surface area contributed by atoms with Gasteiger partial charge in [0, 0.05) is 18.7 Å². The maximum absolute atomic E-state index is 12.9. The molecule has 3 aromatic rings. The molecule has 1 aliphatic rings. The van der Waals surface area contributed by atoms with Gasteiger partial charge in [-0.25, -0.2) is 9.59 Å². The van der Waals surface area contributed by atoms with Gasteiger partial charge in [-0.1, -0.05) is 18.2 Å². The zero-order valence-corrected chi connectivity index (χ0v) is 23.0. The minimum Gasteiger partial charge on any atom is -0.461 e. The van der Waals surface area contributed by atoms with E-state index < -0.39 is 11.6 Å². The number of hydrogen-bond acceptors (Lipinski definition) is 6. The molecule has 1 aliphatic heterocycles. The van der Waals surface area contributed by atoms with Crippen LogP contribution in [0.3, 0.4) is 0 Å². The van der Waals surface area contributed by atoms with Gasteiger partial charge in [0.1, 0.15) is 22.8 Å². The van der Waals surface area contributed by atoms with E-state index >= 15 is 0 Å². The number of aromatic nitrogens is 2. The van der Waals surface area contributed by atoms with Gasteiger partial charge in [0.2, 0.25) is 0 Å². The number of benzene rings is 2. The van der Waals surface area contributed by atoms with Gasteiger partial charge in [-0.15, -0.1) is 0 Å². The largest absolute Gasteiger partial charge is 0.461 e. The van der Waals surface area contributed by atoms with E-state index in [1.807, 2.05) is 75.4 Å². The second-order valence-corrected chi connectivity index (χ2v) is 10.6. The van der Waals surface area contributed by atoms with Crippen LogP contribution in [0, 0.1) is 3.57 Å². The van der Waals surface area contributed by atoms with Crippen LogP contribution in [-0.4, -0.2) is 52.0 Å². The van der Waals surface area contributed by atoms with Crippen LogP contribution in [0.4, 0.5) is 4.79 Å². The lowest BCUT2D eigenvalue weighted by Crippen LogP contribution is -2.35. The highest BCUT2D eigenvalue weighted by atomic mass is 127. The fourth-order valence-corrected chi connectivity index (χ4v) is 4.87. The summed E-state index contributed by atoms with van der Waals surface area (Å²) in [6.07, 6.45) is 0.297. The van der Waals surface area contributed by atoms with Gasteiger partial charge in [-0.2, -0.15) is 5.10 Å². The number of halogens is 1. The van der Waals surface area contributed by atoms with Gasteiger partial charge in [0.25, 0.3) is 0 Å². The van der Waals surface area contributed by atoms with E-state index in [0.717, 1.165) is 11.3 Å². The zero-order valence-electron chi connectivity index (χ0n) is 20.9. The predicted octanol–water partition coefficient (Wildman–Crippen LogP) is 6.31. The summed E-state index contributed by atoms with van der Waals surface area (Å²) in [6, 6.07) is 17.0. The van der Waals surface area contributed by atoms with Crippen molar-refractivity contribution in [2.75, 3.05) is 19.7 Å². The topological polar surface area (TPSA) is 82.9 Å². The van der Waals surface area contributed by atoms with Crippen LogP contribution in [-0.2, 0) is 9.47 Å². The third-order valence-electron chi connectivity index (χ3n) is 5.59. The Morgan fingerprint density at radius 3 is 2.36 bits per heavy atom. The predicted molar refractivity (Wildman–Crippen MR) is 144 cm³/mol. The van der Waals surface area contributed by atoms with E-state index in [4.69, 9.17) is 19.3 Å². The Morgan fingerprint density at radius 2 is 1.72 bits per heavy atom. The Labute approximate surface area is 224 Å². The molecule has 0 saturated carbocycles. The highest BCUT2D eigenvalue weighted by Gasteiger charge is 2.35. The molecule has 1 aromatic heterocycles. The summed E-state index contributed by atoms with van der Waals surface area (Å²) in [6.45, 7) is 8.50. The molecule has 1 fully saturated rings. The summed E-state index contributed by atoms with van der Waals surface area (Å²) >= 11 is 2.15. The van der Waals surface area contributed by atoms with Crippen molar-refractivity contribution in [3.05, 3.63) is 63.9 Å². The normalized spacial score (nSPS) is 15.6. The maximum Gasteiger partial charge on any atom is 0.410 e. The molecular formula is C27H30IN3O5. The molecule has 1 amide bonds. The molecule has 1 atom stereocenters. The number of hydrogen-bond donors (Lipinski definition) is 0. The summed E-state index contributed by atoms with van der Waals surface area (Å²) in [5, 5.41) is 4.84. The van der Waals surface area contributed by atoms with Gasteiger partial charge >= 0.3 is 12.1 Å². The molecule has 2 aromatic carbocycles. The molecule has 0 aliphatic carbocycles. The summed E-state index contributed by atoms with van der Waals surface area (Å²) < 4.78 is 19.2. The fourth-order valence-electron chi connectivity index (χ4n) is 3.98. The standard InChI is InChI=1S/C27H30IN3O5/c1-5-34-25(32)24-22(28)23(18-11-13-21(14-12-18)35-20-9-7-6-8-10-20)29-31(24)19-15-16-30(17-19)26(33)36-27(2,3)4/h6-14,19H,5,15-17H2,1-4H3. The number of amides is 1. The van der Waals surface area contributed by atoms with Gasteiger partial charge in [-0.05, 0) is 93.1 Å². The van der Waals surface area contributed by atoms with Crippen LogP contribution in [0.2, 0.25) is 0 Å². The molecule has 0 N–H and O–H groups in total. The number of esters is 1. The van der Waals surface area contributed by atoms with Crippen LogP contribution >= 0.6 is 22.6 Å². The average molecular weight is 603 g/mol.